The number of nitrogens with zero attached hydrogens (tertiary/aromatic N) is 3. The number of hydrogen-bond donors (Lipinski definition) is 2. The molecule has 1 unspecified atom stereocenters. The Balaban J connectivity index is 1.71. The van der Waals surface area contributed by atoms with E-state index in [1.54, 1.807) is 35.3 Å². The van der Waals surface area contributed by atoms with Gasteiger partial charge in [0.15, 0.2) is 0 Å². The average Bonchev–Trinajstić information content (AvgIpc) is 3.25. The highest BCUT2D eigenvalue weighted by Crippen LogP contribution is 2.14. The maximum Gasteiger partial charge on any atom is 0.241 e. The Morgan fingerprint density at radius 2 is 1.75 bits per heavy atom. The lowest BCUT2D eigenvalue weighted by molar-refractivity contribution is -0.123. The fraction of sp³-hybridized carbons (Fsp3) is 0.348. The van der Waals surface area contributed by atoms with E-state index in [4.69, 9.17) is 0 Å². The average molecular weight is 456 g/mol. The maximum absolute atomic E-state index is 13.0. The second-order valence-corrected chi connectivity index (χ2v) is 9.91. The number of sulfonamides is 1. The van der Waals surface area contributed by atoms with E-state index in [0.29, 0.717) is 13.0 Å². The fourth-order valence-corrected chi connectivity index (χ4v) is 4.54. The van der Waals surface area contributed by atoms with Gasteiger partial charge in [0.1, 0.15) is 18.7 Å². The van der Waals surface area contributed by atoms with Crippen molar-refractivity contribution in [2.75, 3.05) is 0 Å². The number of amides is 1. The normalized spacial score (nSPS) is 12.6. The van der Waals surface area contributed by atoms with Crippen LogP contribution >= 0.6 is 0 Å². The zero-order valence-corrected chi connectivity index (χ0v) is 19.3. The third-order valence-electron chi connectivity index (χ3n) is 5.02. The quantitative estimate of drug-likeness (QED) is 0.489. The van der Waals surface area contributed by atoms with Crippen LogP contribution in [0, 0.1) is 12.8 Å². The Morgan fingerprint density at radius 1 is 1.06 bits per heavy atom. The van der Waals surface area contributed by atoms with Crippen LogP contribution in [0.2, 0.25) is 0 Å². The van der Waals surface area contributed by atoms with Gasteiger partial charge in [-0.05, 0) is 42.5 Å². The summed E-state index contributed by atoms with van der Waals surface area (Å²) in [4.78, 5) is 17.1. The molecule has 0 aliphatic heterocycles. The molecule has 0 saturated carbocycles. The Morgan fingerprint density at radius 3 is 2.38 bits per heavy atom. The summed E-state index contributed by atoms with van der Waals surface area (Å²) in [7, 11) is -3.82. The van der Waals surface area contributed by atoms with E-state index in [0.717, 1.165) is 16.7 Å². The summed E-state index contributed by atoms with van der Waals surface area (Å²) in [5.41, 5.74) is 2.89. The van der Waals surface area contributed by atoms with Crippen molar-refractivity contribution in [2.45, 2.75) is 51.2 Å². The van der Waals surface area contributed by atoms with Gasteiger partial charge in [-0.1, -0.05) is 55.8 Å². The highest BCUT2D eigenvalue weighted by atomic mass is 32.2. The molecule has 0 aliphatic carbocycles. The number of carbonyl (C=O) groups excluding carboxylic acids is 1. The monoisotopic (exact) mass is 455 g/mol. The van der Waals surface area contributed by atoms with Crippen molar-refractivity contribution in [1.82, 2.24) is 24.8 Å². The molecule has 2 N–H and O–H groups in total. The van der Waals surface area contributed by atoms with Gasteiger partial charge in [0.25, 0.3) is 0 Å². The number of aryl methyl sites for hydroxylation is 1. The molecule has 0 aliphatic rings. The molecule has 2 aromatic carbocycles. The fourth-order valence-electron chi connectivity index (χ4n) is 3.33. The molecule has 0 radical (unpaired) electrons. The van der Waals surface area contributed by atoms with Gasteiger partial charge >= 0.3 is 0 Å². The van der Waals surface area contributed by atoms with Crippen LogP contribution in [0.3, 0.4) is 0 Å². The van der Waals surface area contributed by atoms with Crippen LogP contribution in [0.15, 0.2) is 66.1 Å². The summed E-state index contributed by atoms with van der Waals surface area (Å²) in [6, 6.07) is 13.4. The number of aromatic nitrogens is 3. The van der Waals surface area contributed by atoms with Crippen LogP contribution < -0.4 is 10.0 Å². The number of benzene rings is 2. The van der Waals surface area contributed by atoms with Crippen molar-refractivity contribution in [2.24, 2.45) is 5.92 Å². The van der Waals surface area contributed by atoms with Crippen LogP contribution in [0.1, 0.15) is 37.0 Å². The molecule has 0 spiro atoms. The highest BCUT2D eigenvalue weighted by Gasteiger charge is 2.26. The molecule has 0 saturated heterocycles. The van der Waals surface area contributed by atoms with Gasteiger partial charge in [-0.3, -0.25) is 4.79 Å². The minimum Gasteiger partial charge on any atom is -0.351 e. The largest absolute Gasteiger partial charge is 0.351 e. The molecule has 1 aromatic heterocycles. The van der Waals surface area contributed by atoms with Gasteiger partial charge in [0, 0.05) is 6.54 Å². The molecule has 0 bridgehead atoms. The van der Waals surface area contributed by atoms with E-state index in [2.05, 4.69) is 20.1 Å². The van der Waals surface area contributed by atoms with Gasteiger partial charge < -0.3 is 5.32 Å². The molecule has 9 heteroatoms. The molecule has 1 heterocycles. The molecule has 170 valence electrons. The van der Waals surface area contributed by atoms with E-state index >= 15 is 0 Å². The second kappa shape index (κ2) is 10.5. The van der Waals surface area contributed by atoms with Crippen molar-refractivity contribution in [3.05, 3.63) is 77.9 Å². The summed E-state index contributed by atoms with van der Waals surface area (Å²) >= 11 is 0. The third-order valence-corrected chi connectivity index (χ3v) is 6.51. The van der Waals surface area contributed by atoms with Crippen LogP contribution in [0.5, 0.6) is 0 Å². The van der Waals surface area contributed by atoms with Crippen molar-refractivity contribution in [3.63, 3.8) is 0 Å². The minimum atomic E-state index is -3.82. The van der Waals surface area contributed by atoms with Gasteiger partial charge in [-0.15, -0.1) is 0 Å². The Bertz CT molecular complexity index is 1130. The van der Waals surface area contributed by atoms with Crippen molar-refractivity contribution < 1.29 is 13.2 Å². The van der Waals surface area contributed by atoms with Crippen molar-refractivity contribution in [1.29, 1.82) is 0 Å². The Labute approximate surface area is 189 Å². The second-order valence-electron chi connectivity index (χ2n) is 8.20. The highest BCUT2D eigenvalue weighted by molar-refractivity contribution is 7.89. The molecular formula is C23H29N5O3S. The predicted octanol–water partition coefficient (Wildman–Crippen LogP) is 2.64. The lowest BCUT2D eigenvalue weighted by Crippen LogP contribution is -2.47. The first-order valence-corrected chi connectivity index (χ1v) is 12.0. The van der Waals surface area contributed by atoms with Crippen molar-refractivity contribution >= 4 is 15.9 Å². The van der Waals surface area contributed by atoms with Crippen LogP contribution in [0.25, 0.3) is 0 Å². The third kappa shape index (κ3) is 6.48. The summed E-state index contributed by atoms with van der Waals surface area (Å²) in [6.07, 6.45) is 3.49. The van der Waals surface area contributed by atoms with Crippen LogP contribution in [0.4, 0.5) is 0 Å². The first kappa shape index (κ1) is 23.6. The van der Waals surface area contributed by atoms with Gasteiger partial charge in [-0.2, -0.15) is 9.82 Å². The Kier molecular flexibility index (Phi) is 7.76. The van der Waals surface area contributed by atoms with E-state index in [9.17, 15) is 13.2 Å². The van der Waals surface area contributed by atoms with Crippen LogP contribution in [-0.2, 0) is 27.9 Å². The molecule has 1 atom stereocenters. The zero-order chi connectivity index (χ0) is 23.1. The lowest BCUT2D eigenvalue weighted by Gasteiger charge is -2.21. The molecule has 8 nitrogen and oxygen atoms in total. The smallest absolute Gasteiger partial charge is 0.241 e. The number of nitrogens with one attached hydrogen (secondary N) is 2. The molecule has 32 heavy (non-hydrogen) atoms. The summed E-state index contributed by atoms with van der Waals surface area (Å²) in [5.74, 6) is -0.226. The predicted molar refractivity (Wildman–Crippen MR) is 122 cm³/mol. The maximum atomic E-state index is 13.0. The molecule has 0 fully saturated rings. The zero-order valence-electron chi connectivity index (χ0n) is 18.5. The number of rotatable bonds is 10. The standard InChI is InChI=1S/C23H29N5O3S/c1-17(2)12-22(27-32(30,31)21-10-8-18(3)9-11-21)23(29)25-13-19-6-4-5-7-20(19)14-28-16-24-15-26-28/h4-11,15-17,22,27H,12-14H2,1-3H3,(H,25,29). The molecule has 3 aromatic rings. The van der Waals surface area contributed by atoms with E-state index in [1.165, 1.54) is 6.33 Å². The van der Waals surface area contributed by atoms with Crippen molar-refractivity contribution in [3.8, 4) is 0 Å². The minimum absolute atomic E-state index is 0.131. The SMILES string of the molecule is Cc1ccc(S(=O)(=O)NC(CC(C)C)C(=O)NCc2ccccc2Cn2cncn2)cc1. The van der Waals surface area contributed by atoms with E-state index in [1.807, 2.05) is 45.0 Å². The molecule has 1 amide bonds. The first-order chi connectivity index (χ1) is 15.2. The first-order valence-electron chi connectivity index (χ1n) is 10.5. The van der Waals surface area contributed by atoms with Crippen LogP contribution in [-0.4, -0.2) is 35.1 Å². The summed E-state index contributed by atoms with van der Waals surface area (Å²) < 4.78 is 30.0. The number of carbonyl (C=O) groups is 1. The molecular weight excluding hydrogens is 426 g/mol. The lowest BCUT2D eigenvalue weighted by atomic mass is 10.0. The van der Waals surface area contributed by atoms with Gasteiger partial charge in [0.05, 0.1) is 11.4 Å². The van der Waals surface area contributed by atoms with Gasteiger partial charge in [0.2, 0.25) is 15.9 Å². The Hall–Kier alpha value is -3.04. The number of hydrogen-bond acceptors (Lipinski definition) is 5. The summed E-state index contributed by atoms with van der Waals surface area (Å²) in [6.45, 7) is 6.60. The topological polar surface area (TPSA) is 106 Å². The molecule has 3 rings (SSSR count). The van der Waals surface area contributed by atoms with Gasteiger partial charge in [-0.25, -0.2) is 18.1 Å². The van der Waals surface area contributed by atoms with E-state index in [-0.39, 0.29) is 23.3 Å². The summed E-state index contributed by atoms with van der Waals surface area (Å²) in [5, 5.41) is 7.02. The van der Waals surface area contributed by atoms with E-state index < -0.39 is 16.1 Å².